The average molecular weight is 285 g/mol. The van der Waals surface area contributed by atoms with Crippen molar-refractivity contribution in [3.05, 3.63) is 42.0 Å². The molecule has 0 fully saturated rings. The Morgan fingerprint density at radius 3 is 2.10 bits per heavy atom. The summed E-state index contributed by atoms with van der Waals surface area (Å²) in [6, 6.07) is 11.7. The largest absolute Gasteiger partial charge is 0.398 e. The van der Waals surface area contributed by atoms with Gasteiger partial charge in [0.15, 0.2) is 0 Å². The fraction of sp³-hybridized carbons (Fsp3) is 0.353. The summed E-state index contributed by atoms with van der Waals surface area (Å²) in [5, 5.41) is 5.88. The van der Waals surface area contributed by atoms with E-state index in [2.05, 4.69) is 0 Å². The van der Waals surface area contributed by atoms with E-state index in [0.29, 0.717) is 17.8 Å². The number of hydrogen-bond acceptors (Lipinski definition) is 3. The Labute approximate surface area is 126 Å². The van der Waals surface area contributed by atoms with Gasteiger partial charge in [-0.1, -0.05) is 38.1 Å². The number of nitrogens with two attached hydrogens (primary N) is 1. The number of hydrogen-bond donors (Lipinski definition) is 1. The van der Waals surface area contributed by atoms with Gasteiger partial charge in [-0.05, 0) is 29.8 Å². The first-order valence-corrected chi connectivity index (χ1v) is 7.47. The number of rotatable bonds is 5. The van der Waals surface area contributed by atoms with Gasteiger partial charge in [-0.15, -0.1) is 0 Å². The number of fused-ring (bicyclic) bond motifs is 1. The summed E-state index contributed by atoms with van der Waals surface area (Å²) >= 11 is 0. The third-order valence-electron chi connectivity index (χ3n) is 3.75. The Hall–Kier alpha value is -2.07. The summed E-state index contributed by atoms with van der Waals surface area (Å²) in [5.41, 5.74) is 7.20. The molecule has 0 bridgehead atoms. The molecule has 2 rings (SSSR count). The van der Waals surface area contributed by atoms with E-state index in [-0.39, 0.29) is 5.91 Å². The molecule has 2 N–H and O–H groups in total. The van der Waals surface area contributed by atoms with Crippen LogP contribution in [0.4, 0.5) is 5.69 Å². The van der Waals surface area contributed by atoms with Gasteiger partial charge in [0.1, 0.15) is 0 Å². The minimum Gasteiger partial charge on any atom is -0.398 e. The molecule has 2 aromatic rings. The molecule has 0 saturated heterocycles. The van der Waals surface area contributed by atoms with E-state index in [4.69, 9.17) is 5.73 Å². The fourth-order valence-electron chi connectivity index (χ4n) is 2.62. The third-order valence-corrected chi connectivity index (χ3v) is 3.75. The Balaban J connectivity index is 2.44. The van der Waals surface area contributed by atoms with Crippen LogP contribution in [0.1, 0.15) is 31.1 Å². The first kappa shape index (κ1) is 15.3. The van der Waals surface area contributed by atoms with E-state index < -0.39 is 0 Å². The maximum absolute atomic E-state index is 12.8. The van der Waals surface area contributed by atoms with Gasteiger partial charge in [0, 0.05) is 25.3 Å². The van der Waals surface area contributed by atoms with Crippen molar-refractivity contribution in [2.75, 3.05) is 25.4 Å². The van der Waals surface area contributed by atoms with Crippen LogP contribution in [0.15, 0.2) is 36.4 Å². The number of carbonyl (C=O) groups is 1. The zero-order valence-electron chi connectivity index (χ0n) is 13.0. The number of benzene rings is 2. The summed E-state index contributed by atoms with van der Waals surface area (Å²) in [7, 11) is 0. The maximum Gasteiger partial charge on any atom is 0.270 e. The second-order valence-corrected chi connectivity index (χ2v) is 4.95. The van der Waals surface area contributed by atoms with Crippen molar-refractivity contribution in [1.29, 1.82) is 0 Å². The average Bonchev–Trinajstić information content (AvgIpc) is 2.51. The fourth-order valence-corrected chi connectivity index (χ4v) is 2.62. The minimum absolute atomic E-state index is 0.0375. The smallest absolute Gasteiger partial charge is 0.270 e. The van der Waals surface area contributed by atoms with Crippen LogP contribution in [0.5, 0.6) is 0 Å². The van der Waals surface area contributed by atoms with Crippen molar-refractivity contribution >= 4 is 22.4 Å². The van der Waals surface area contributed by atoms with Gasteiger partial charge in [0.2, 0.25) is 0 Å². The Bertz CT molecular complexity index is 635. The number of hydrazine groups is 1. The predicted molar refractivity (Wildman–Crippen MR) is 88.0 cm³/mol. The van der Waals surface area contributed by atoms with Crippen molar-refractivity contribution in [3.8, 4) is 0 Å². The van der Waals surface area contributed by atoms with Gasteiger partial charge < -0.3 is 5.73 Å². The molecule has 2 aromatic carbocycles. The van der Waals surface area contributed by atoms with Crippen LogP contribution in [0.3, 0.4) is 0 Å². The normalized spacial score (nSPS) is 11.0. The second-order valence-electron chi connectivity index (χ2n) is 4.95. The van der Waals surface area contributed by atoms with E-state index in [9.17, 15) is 4.79 Å². The monoisotopic (exact) mass is 285 g/mol. The quantitative estimate of drug-likeness (QED) is 0.678. The van der Waals surface area contributed by atoms with Crippen LogP contribution in [-0.2, 0) is 0 Å². The van der Waals surface area contributed by atoms with Gasteiger partial charge in [-0.25, -0.2) is 5.01 Å². The molecule has 1 amide bonds. The SMILES string of the molecule is CCN(CC)N(CC)C(=O)c1cc2ccccc2cc1N. The lowest BCUT2D eigenvalue weighted by molar-refractivity contribution is -0.00103. The summed E-state index contributed by atoms with van der Waals surface area (Å²) in [4.78, 5) is 12.8. The highest BCUT2D eigenvalue weighted by atomic mass is 16.2. The minimum atomic E-state index is -0.0375. The summed E-state index contributed by atoms with van der Waals surface area (Å²) in [5.74, 6) is -0.0375. The molecular weight excluding hydrogens is 262 g/mol. The van der Waals surface area contributed by atoms with Gasteiger partial charge in [-0.2, -0.15) is 0 Å². The van der Waals surface area contributed by atoms with Crippen LogP contribution in [-0.4, -0.2) is 35.6 Å². The molecule has 21 heavy (non-hydrogen) atoms. The molecule has 4 heteroatoms. The molecule has 112 valence electrons. The number of nitrogen functional groups attached to an aromatic ring is 1. The van der Waals surface area contributed by atoms with Crippen molar-refractivity contribution < 1.29 is 4.79 Å². The highest BCUT2D eigenvalue weighted by Crippen LogP contribution is 2.23. The van der Waals surface area contributed by atoms with E-state index in [1.165, 1.54) is 0 Å². The van der Waals surface area contributed by atoms with E-state index in [1.54, 1.807) is 5.01 Å². The second kappa shape index (κ2) is 6.59. The molecule has 0 spiro atoms. The standard InChI is InChI=1S/C17H23N3O/c1-4-19(5-2)20(6-3)17(21)15-11-13-9-7-8-10-14(13)12-16(15)18/h7-12H,4-6,18H2,1-3H3. The molecule has 0 saturated carbocycles. The topological polar surface area (TPSA) is 49.6 Å². The highest BCUT2D eigenvalue weighted by molar-refractivity contribution is 6.03. The molecule has 0 aliphatic carbocycles. The Kier molecular flexibility index (Phi) is 4.81. The maximum atomic E-state index is 12.8. The van der Waals surface area contributed by atoms with Gasteiger partial charge in [0.25, 0.3) is 5.91 Å². The highest BCUT2D eigenvalue weighted by Gasteiger charge is 2.21. The van der Waals surface area contributed by atoms with Crippen molar-refractivity contribution in [3.63, 3.8) is 0 Å². The lowest BCUT2D eigenvalue weighted by Crippen LogP contribution is -2.46. The molecule has 0 unspecified atom stereocenters. The Morgan fingerprint density at radius 1 is 1.00 bits per heavy atom. The first-order chi connectivity index (χ1) is 10.1. The molecule has 0 aliphatic heterocycles. The molecule has 0 heterocycles. The molecule has 0 atom stereocenters. The van der Waals surface area contributed by atoms with E-state index >= 15 is 0 Å². The summed E-state index contributed by atoms with van der Waals surface area (Å²) in [6.07, 6.45) is 0. The molecule has 4 nitrogen and oxygen atoms in total. The van der Waals surface area contributed by atoms with Crippen LogP contribution in [0, 0.1) is 0 Å². The summed E-state index contributed by atoms with van der Waals surface area (Å²) < 4.78 is 0. The molecule has 0 radical (unpaired) electrons. The van der Waals surface area contributed by atoms with Crippen molar-refractivity contribution in [1.82, 2.24) is 10.0 Å². The summed E-state index contributed by atoms with van der Waals surface area (Å²) in [6.45, 7) is 8.29. The van der Waals surface area contributed by atoms with Gasteiger partial charge in [-0.3, -0.25) is 9.80 Å². The lowest BCUT2D eigenvalue weighted by atomic mass is 10.0. The molecular formula is C17H23N3O. The van der Waals surface area contributed by atoms with E-state index in [1.807, 2.05) is 62.2 Å². The van der Waals surface area contributed by atoms with Gasteiger partial charge >= 0.3 is 0 Å². The van der Waals surface area contributed by atoms with Crippen LogP contribution < -0.4 is 5.73 Å². The molecule has 0 aliphatic rings. The third kappa shape index (κ3) is 3.00. The van der Waals surface area contributed by atoms with Crippen molar-refractivity contribution in [2.45, 2.75) is 20.8 Å². The predicted octanol–water partition coefficient (Wildman–Crippen LogP) is 3.14. The number of anilines is 1. The van der Waals surface area contributed by atoms with Gasteiger partial charge in [0.05, 0.1) is 5.56 Å². The first-order valence-electron chi connectivity index (χ1n) is 7.47. The Morgan fingerprint density at radius 2 is 1.57 bits per heavy atom. The molecule has 0 aromatic heterocycles. The zero-order chi connectivity index (χ0) is 15.4. The van der Waals surface area contributed by atoms with Crippen LogP contribution in [0.25, 0.3) is 10.8 Å². The lowest BCUT2D eigenvalue weighted by Gasteiger charge is -2.32. The van der Waals surface area contributed by atoms with Crippen molar-refractivity contribution in [2.24, 2.45) is 0 Å². The number of amides is 1. The number of carbonyl (C=O) groups excluding carboxylic acids is 1. The van der Waals surface area contributed by atoms with E-state index in [0.717, 1.165) is 23.9 Å². The zero-order valence-corrected chi connectivity index (χ0v) is 13.0. The number of nitrogens with zero attached hydrogens (tertiary/aromatic N) is 2. The van der Waals surface area contributed by atoms with Crippen LogP contribution >= 0.6 is 0 Å². The van der Waals surface area contributed by atoms with Crippen LogP contribution in [0.2, 0.25) is 0 Å².